The highest BCUT2D eigenvalue weighted by atomic mass is 32.1. The summed E-state index contributed by atoms with van der Waals surface area (Å²) >= 11 is 1.74. The summed E-state index contributed by atoms with van der Waals surface area (Å²) in [4.78, 5) is 21.4. The third kappa shape index (κ3) is 3.76. The van der Waals surface area contributed by atoms with Crippen LogP contribution in [0.25, 0.3) is 0 Å². The lowest BCUT2D eigenvalue weighted by atomic mass is 10.1. The summed E-state index contributed by atoms with van der Waals surface area (Å²) in [5.41, 5.74) is 2.95. The zero-order chi connectivity index (χ0) is 17.2. The Bertz CT molecular complexity index is 717. The molecule has 6 heteroatoms. The van der Waals surface area contributed by atoms with Gasteiger partial charge in [0, 0.05) is 50.5 Å². The second-order valence-corrected chi connectivity index (χ2v) is 7.71. The lowest BCUT2D eigenvalue weighted by Gasteiger charge is -2.23. The number of carbonyl (C=O) groups is 1. The first kappa shape index (κ1) is 16.7. The van der Waals surface area contributed by atoms with Crippen LogP contribution in [0.5, 0.6) is 0 Å². The number of thiophene rings is 1. The highest BCUT2D eigenvalue weighted by Gasteiger charge is 2.38. The van der Waals surface area contributed by atoms with Gasteiger partial charge in [-0.2, -0.15) is 11.3 Å². The molecule has 2 saturated heterocycles. The molecule has 2 aliphatic heterocycles. The summed E-state index contributed by atoms with van der Waals surface area (Å²) in [6.07, 6.45) is 1.82. The van der Waals surface area contributed by atoms with Gasteiger partial charge >= 0.3 is 0 Å². The van der Waals surface area contributed by atoms with Crippen molar-refractivity contribution >= 4 is 17.2 Å². The van der Waals surface area contributed by atoms with E-state index >= 15 is 0 Å². The molecule has 132 valence electrons. The normalized spacial score (nSPS) is 24.1. The molecular weight excluding hydrogens is 334 g/mol. The summed E-state index contributed by atoms with van der Waals surface area (Å²) in [5.74, 6) is 0.442. The van der Waals surface area contributed by atoms with Crippen molar-refractivity contribution in [3.63, 3.8) is 0 Å². The minimum absolute atomic E-state index is 0.0635. The van der Waals surface area contributed by atoms with Crippen molar-refractivity contribution in [2.24, 2.45) is 5.92 Å². The standard InChI is InChI=1S/C19H23N3O2S/c1-14-2-3-16(8-20-14)19(23)22-11-17-10-21(5-6-24-18(17)12-22)9-15-4-7-25-13-15/h2-4,7-8,13,17-18H,5-6,9-12H2,1H3/t17-,18+/m1/s1. The van der Waals surface area contributed by atoms with Crippen molar-refractivity contribution in [2.75, 3.05) is 32.8 Å². The number of aromatic nitrogens is 1. The number of carbonyl (C=O) groups excluding carboxylic acids is 1. The molecule has 0 radical (unpaired) electrons. The number of amides is 1. The lowest BCUT2D eigenvalue weighted by Crippen LogP contribution is -2.33. The van der Waals surface area contributed by atoms with Crippen LogP contribution in [-0.4, -0.2) is 59.6 Å². The van der Waals surface area contributed by atoms with E-state index in [0.717, 1.165) is 38.5 Å². The van der Waals surface area contributed by atoms with Gasteiger partial charge in [-0.1, -0.05) is 0 Å². The van der Waals surface area contributed by atoms with E-state index in [4.69, 9.17) is 4.74 Å². The molecule has 4 heterocycles. The largest absolute Gasteiger partial charge is 0.375 e. The molecule has 25 heavy (non-hydrogen) atoms. The molecule has 0 aromatic carbocycles. The van der Waals surface area contributed by atoms with E-state index in [1.807, 2.05) is 24.0 Å². The number of ether oxygens (including phenoxy) is 1. The Hall–Kier alpha value is -1.76. The average Bonchev–Trinajstić information content (AvgIpc) is 3.22. The molecular formula is C19H23N3O2S. The van der Waals surface area contributed by atoms with Crippen molar-refractivity contribution in [3.8, 4) is 0 Å². The average molecular weight is 357 g/mol. The smallest absolute Gasteiger partial charge is 0.255 e. The van der Waals surface area contributed by atoms with Gasteiger partial charge in [0.05, 0.1) is 18.3 Å². The second-order valence-electron chi connectivity index (χ2n) is 6.93. The fourth-order valence-corrected chi connectivity index (χ4v) is 4.35. The van der Waals surface area contributed by atoms with Gasteiger partial charge in [0.1, 0.15) is 0 Å². The van der Waals surface area contributed by atoms with Crippen LogP contribution in [0.4, 0.5) is 0 Å². The zero-order valence-corrected chi connectivity index (χ0v) is 15.2. The molecule has 0 unspecified atom stereocenters. The molecule has 0 N–H and O–H groups in total. The first-order chi connectivity index (χ1) is 12.2. The minimum atomic E-state index is 0.0635. The zero-order valence-electron chi connectivity index (χ0n) is 14.4. The third-order valence-corrected chi connectivity index (χ3v) is 5.78. The second kappa shape index (κ2) is 7.23. The highest BCUT2D eigenvalue weighted by molar-refractivity contribution is 7.07. The predicted octanol–water partition coefficient (Wildman–Crippen LogP) is 2.42. The van der Waals surface area contributed by atoms with Crippen LogP contribution in [0, 0.1) is 12.8 Å². The SMILES string of the molecule is Cc1ccc(C(=O)N2C[C@H]3CN(Cc4ccsc4)CCO[C@H]3C2)cn1. The van der Waals surface area contributed by atoms with Crippen LogP contribution >= 0.6 is 11.3 Å². The third-order valence-electron chi connectivity index (χ3n) is 5.04. The number of rotatable bonds is 3. The number of aryl methyl sites for hydroxylation is 1. The molecule has 2 aromatic heterocycles. The van der Waals surface area contributed by atoms with E-state index in [1.165, 1.54) is 5.56 Å². The molecule has 2 fully saturated rings. The monoisotopic (exact) mass is 357 g/mol. The molecule has 0 aliphatic carbocycles. The van der Waals surface area contributed by atoms with Crippen molar-refractivity contribution in [2.45, 2.75) is 19.6 Å². The Labute approximate surface area is 152 Å². The first-order valence-corrected chi connectivity index (χ1v) is 9.70. The van der Waals surface area contributed by atoms with Gasteiger partial charge in [-0.3, -0.25) is 14.7 Å². The van der Waals surface area contributed by atoms with Crippen LogP contribution in [0.2, 0.25) is 0 Å². The number of hydrogen-bond donors (Lipinski definition) is 0. The lowest BCUT2D eigenvalue weighted by molar-refractivity contribution is 0.0483. The molecule has 4 rings (SSSR count). The van der Waals surface area contributed by atoms with Gasteiger partial charge in [0.25, 0.3) is 5.91 Å². The van der Waals surface area contributed by atoms with E-state index in [0.29, 0.717) is 18.0 Å². The van der Waals surface area contributed by atoms with Gasteiger partial charge in [-0.25, -0.2) is 0 Å². The topological polar surface area (TPSA) is 45.7 Å². The van der Waals surface area contributed by atoms with Crippen LogP contribution in [-0.2, 0) is 11.3 Å². The van der Waals surface area contributed by atoms with Gasteiger partial charge in [0.15, 0.2) is 0 Å². The van der Waals surface area contributed by atoms with Gasteiger partial charge < -0.3 is 9.64 Å². The van der Waals surface area contributed by atoms with Crippen LogP contribution in [0.1, 0.15) is 21.6 Å². The maximum absolute atomic E-state index is 12.7. The number of likely N-dealkylation sites (tertiary alicyclic amines) is 1. The summed E-state index contributed by atoms with van der Waals surface area (Å²) in [6, 6.07) is 5.94. The molecule has 0 spiro atoms. The van der Waals surface area contributed by atoms with E-state index in [1.54, 1.807) is 17.5 Å². The quantitative estimate of drug-likeness (QED) is 0.846. The predicted molar refractivity (Wildman–Crippen MR) is 97.7 cm³/mol. The fraction of sp³-hybridized carbons (Fsp3) is 0.474. The van der Waals surface area contributed by atoms with Crippen LogP contribution in [0.15, 0.2) is 35.2 Å². The Balaban J connectivity index is 1.41. The van der Waals surface area contributed by atoms with Crippen molar-refractivity contribution in [3.05, 3.63) is 52.0 Å². The molecule has 1 amide bonds. The van der Waals surface area contributed by atoms with Gasteiger partial charge in [-0.05, 0) is 41.4 Å². The van der Waals surface area contributed by atoms with Crippen LogP contribution < -0.4 is 0 Å². The molecule has 2 aromatic rings. The molecule has 2 aliphatic rings. The number of fused-ring (bicyclic) bond motifs is 1. The number of hydrogen-bond acceptors (Lipinski definition) is 5. The van der Waals surface area contributed by atoms with Crippen molar-refractivity contribution in [1.82, 2.24) is 14.8 Å². The van der Waals surface area contributed by atoms with E-state index in [2.05, 4.69) is 26.7 Å². The number of nitrogens with zero attached hydrogens (tertiary/aromatic N) is 3. The summed E-state index contributed by atoms with van der Waals surface area (Å²) in [6.45, 7) is 7.01. The Kier molecular flexibility index (Phi) is 4.83. The maximum atomic E-state index is 12.7. The molecule has 5 nitrogen and oxygen atoms in total. The molecule has 2 atom stereocenters. The van der Waals surface area contributed by atoms with E-state index < -0.39 is 0 Å². The molecule has 0 saturated carbocycles. The van der Waals surface area contributed by atoms with Gasteiger partial charge in [-0.15, -0.1) is 0 Å². The van der Waals surface area contributed by atoms with Crippen LogP contribution in [0.3, 0.4) is 0 Å². The Morgan fingerprint density at radius 2 is 2.24 bits per heavy atom. The summed E-state index contributed by atoms with van der Waals surface area (Å²) in [5, 5.41) is 4.33. The Morgan fingerprint density at radius 1 is 1.32 bits per heavy atom. The van der Waals surface area contributed by atoms with E-state index in [-0.39, 0.29) is 12.0 Å². The van der Waals surface area contributed by atoms with Crippen molar-refractivity contribution in [1.29, 1.82) is 0 Å². The first-order valence-electron chi connectivity index (χ1n) is 8.76. The summed E-state index contributed by atoms with van der Waals surface area (Å²) in [7, 11) is 0. The highest BCUT2D eigenvalue weighted by Crippen LogP contribution is 2.26. The fourth-order valence-electron chi connectivity index (χ4n) is 3.69. The molecule has 0 bridgehead atoms. The summed E-state index contributed by atoms with van der Waals surface area (Å²) < 4.78 is 6.06. The van der Waals surface area contributed by atoms with Crippen molar-refractivity contribution < 1.29 is 9.53 Å². The minimum Gasteiger partial charge on any atom is -0.375 e. The maximum Gasteiger partial charge on any atom is 0.255 e. The van der Waals surface area contributed by atoms with E-state index in [9.17, 15) is 4.79 Å². The van der Waals surface area contributed by atoms with Gasteiger partial charge in [0.2, 0.25) is 0 Å². The number of pyridine rings is 1. The Morgan fingerprint density at radius 3 is 3.00 bits per heavy atom.